The molecule has 0 spiro atoms. The second-order valence-electron chi connectivity index (χ2n) is 3.46. The van der Waals surface area contributed by atoms with Gasteiger partial charge >= 0.3 is 0 Å². The highest BCUT2D eigenvalue weighted by molar-refractivity contribution is 5.94. The molecule has 1 aromatic rings. The van der Waals surface area contributed by atoms with Crippen LogP contribution in [0.1, 0.15) is 20.3 Å². The first kappa shape index (κ1) is 12.5. The Balaban J connectivity index is 2.66. The Labute approximate surface area is 95.8 Å². The van der Waals surface area contributed by atoms with E-state index in [0.717, 1.165) is 5.75 Å². The van der Waals surface area contributed by atoms with E-state index in [1.165, 1.54) is 0 Å². The van der Waals surface area contributed by atoms with E-state index in [0.29, 0.717) is 18.7 Å². The Morgan fingerprint density at radius 2 is 2.25 bits per heavy atom. The highest BCUT2D eigenvalue weighted by atomic mass is 16.5. The van der Waals surface area contributed by atoms with Crippen molar-refractivity contribution < 1.29 is 9.53 Å². The molecule has 0 bridgehead atoms. The molecule has 1 atom stereocenters. The number of rotatable bonds is 5. The molecule has 0 aliphatic heterocycles. The van der Waals surface area contributed by atoms with Gasteiger partial charge in [0.1, 0.15) is 5.75 Å². The van der Waals surface area contributed by atoms with Gasteiger partial charge < -0.3 is 15.8 Å². The summed E-state index contributed by atoms with van der Waals surface area (Å²) in [4.78, 5) is 11.5. The lowest BCUT2D eigenvalue weighted by molar-refractivity contribution is -0.117. The molecule has 1 unspecified atom stereocenters. The van der Waals surface area contributed by atoms with Crippen molar-refractivity contribution >= 4 is 11.6 Å². The lowest BCUT2D eigenvalue weighted by Crippen LogP contribution is -2.34. The van der Waals surface area contributed by atoms with Crippen LogP contribution >= 0.6 is 0 Å². The van der Waals surface area contributed by atoms with E-state index in [4.69, 9.17) is 10.5 Å². The molecule has 0 aliphatic rings. The molecule has 0 fully saturated rings. The molecule has 0 saturated carbocycles. The summed E-state index contributed by atoms with van der Waals surface area (Å²) in [5.41, 5.74) is 6.33. The molecule has 0 heterocycles. The zero-order valence-electron chi connectivity index (χ0n) is 9.69. The Morgan fingerprint density at radius 3 is 2.88 bits per heavy atom. The molecule has 88 valence electrons. The van der Waals surface area contributed by atoms with Crippen LogP contribution in [-0.2, 0) is 4.79 Å². The fourth-order valence-corrected chi connectivity index (χ4v) is 1.25. The Morgan fingerprint density at radius 1 is 1.50 bits per heavy atom. The van der Waals surface area contributed by atoms with Crippen LogP contribution in [0.15, 0.2) is 24.3 Å². The maximum atomic E-state index is 11.5. The van der Waals surface area contributed by atoms with Crippen LogP contribution in [0.3, 0.4) is 0 Å². The summed E-state index contributed by atoms with van der Waals surface area (Å²) in [7, 11) is 0. The summed E-state index contributed by atoms with van der Waals surface area (Å²) in [6, 6.07) is 6.81. The third-order valence-corrected chi connectivity index (χ3v) is 2.19. The summed E-state index contributed by atoms with van der Waals surface area (Å²) in [6.45, 7) is 4.39. The second kappa shape index (κ2) is 6.12. The summed E-state index contributed by atoms with van der Waals surface area (Å²) in [6.07, 6.45) is 0.622. The molecular weight excluding hydrogens is 204 g/mol. The monoisotopic (exact) mass is 222 g/mol. The summed E-state index contributed by atoms with van der Waals surface area (Å²) >= 11 is 0. The van der Waals surface area contributed by atoms with Gasteiger partial charge in [0.05, 0.1) is 12.6 Å². The van der Waals surface area contributed by atoms with Crippen LogP contribution in [0.4, 0.5) is 5.69 Å². The van der Waals surface area contributed by atoms with Crippen molar-refractivity contribution in [3.63, 3.8) is 0 Å². The third kappa shape index (κ3) is 3.55. The van der Waals surface area contributed by atoms with E-state index in [1.807, 2.05) is 32.0 Å². The van der Waals surface area contributed by atoms with E-state index in [1.54, 1.807) is 6.07 Å². The first-order valence-electron chi connectivity index (χ1n) is 5.46. The largest absolute Gasteiger partial charge is 0.494 e. The predicted octanol–water partition coefficient (Wildman–Crippen LogP) is 1.76. The fourth-order valence-electron chi connectivity index (χ4n) is 1.25. The van der Waals surface area contributed by atoms with E-state index in [2.05, 4.69) is 5.32 Å². The third-order valence-electron chi connectivity index (χ3n) is 2.19. The first-order chi connectivity index (χ1) is 7.67. The highest BCUT2D eigenvalue weighted by Crippen LogP contribution is 2.17. The molecule has 4 nitrogen and oxygen atoms in total. The number of hydrogen-bond acceptors (Lipinski definition) is 3. The number of anilines is 1. The molecule has 1 aromatic carbocycles. The van der Waals surface area contributed by atoms with Crippen LogP contribution in [0, 0.1) is 0 Å². The number of ether oxygens (including phenoxy) is 1. The van der Waals surface area contributed by atoms with Crippen molar-refractivity contribution in [1.82, 2.24) is 0 Å². The number of nitrogens with one attached hydrogen (secondary N) is 1. The summed E-state index contributed by atoms with van der Waals surface area (Å²) in [5, 5.41) is 2.75. The van der Waals surface area contributed by atoms with E-state index < -0.39 is 6.04 Å². The van der Waals surface area contributed by atoms with Crippen molar-refractivity contribution in [1.29, 1.82) is 0 Å². The SMILES string of the molecule is CCOc1cccc(NC(=O)C(N)CC)c1. The topological polar surface area (TPSA) is 64.3 Å². The average molecular weight is 222 g/mol. The van der Waals surface area contributed by atoms with Crippen molar-refractivity contribution in [3.8, 4) is 5.75 Å². The standard InChI is InChI=1S/C12H18N2O2/c1-3-11(13)12(15)14-9-6-5-7-10(8-9)16-4-2/h5-8,11H,3-4,13H2,1-2H3,(H,14,15). The van der Waals surface area contributed by atoms with Crippen molar-refractivity contribution in [3.05, 3.63) is 24.3 Å². The van der Waals surface area contributed by atoms with Crippen molar-refractivity contribution in [2.75, 3.05) is 11.9 Å². The highest BCUT2D eigenvalue weighted by Gasteiger charge is 2.10. The van der Waals surface area contributed by atoms with Crippen LogP contribution in [0.2, 0.25) is 0 Å². The molecule has 0 radical (unpaired) electrons. The maximum absolute atomic E-state index is 11.5. The normalized spacial score (nSPS) is 11.9. The van der Waals surface area contributed by atoms with Gasteiger partial charge in [-0.05, 0) is 25.5 Å². The number of amides is 1. The summed E-state index contributed by atoms with van der Waals surface area (Å²) in [5.74, 6) is 0.571. The minimum Gasteiger partial charge on any atom is -0.494 e. The lowest BCUT2D eigenvalue weighted by Gasteiger charge is -2.11. The summed E-state index contributed by atoms with van der Waals surface area (Å²) < 4.78 is 5.33. The lowest BCUT2D eigenvalue weighted by atomic mass is 10.2. The van der Waals surface area contributed by atoms with Gasteiger partial charge in [-0.25, -0.2) is 0 Å². The minimum atomic E-state index is -0.462. The van der Waals surface area contributed by atoms with Gasteiger partial charge in [0.2, 0.25) is 5.91 Å². The number of carbonyl (C=O) groups is 1. The van der Waals surface area contributed by atoms with Gasteiger partial charge in [-0.1, -0.05) is 13.0 Å². The molecule has 16 heavy (non-hydrogen) atoms. The fraction of sp³-hybridized carbons (Fsp3) is 0.417. The molecular formula is C12H18N2O2. The molecule has 1 amide bonds. The number of hydrogen-bond donors (Lipinski definition) is 2. The molecule has 0 saturated heterocycles. The van der Waals surface area contributed by atoms with E-state index in [9.17, 15) is 4.79 Å². The molecule has 0 aliphatic carbocycles. The Bertz CT molecular complexity index is 353. The van der Waals surface area contributed by atoms with Crippen LogP contribution in [0.25, 0.3) is 0 Å². The first-order valence-corrected chi connectivity index (χ1v) is 5.46. The number of carbonyl (C=O) groups excluding carboxylic acids is 1. The average Bonchev–Trinajstić information content (AvgIpc) is 2.29. The van der Waals surface area contributed by atoms with Gasteiger partial charge in [0.15, 0.2) is 0 Å². The molecule has 1 rings (SSSR count). The van der Waals surface area contributed by atoms with Gasteiger partial charge in [0.25, 0.3) is 0 Å². The number of nitrogens with two attached hydrogens (primary N) is 1. The Kier molecular flexibility index (Phi) is 4.79. The molecule has 4 heteroatoms. The maximum Gasteiger partial charge on any atom is 0.241 e. The van der Waals surface area contributed by atoms with Gasteiger partial charge in [-0.3, -0.25) is 4.79 Å². The zero-order chi connectivity index (χ0) is 12.0. The smallest absolute Gasteiger partial charge is 0.241 e. The molecule has 0 aromatic heterocycles. The quantitative estimate of drug-likeness (QED) is 0.798. The van der Waals surface area contributed by atoms with Crippen LogP contribution in [-0.4, -0.2) is 18.6 Å². The van der Waals surface area contributed by atoms with E-state index in [-0.39, 0.29) is 5.91 Å². The molecule has 3 N–H and O–H groups in total. The van der Waals surface area contributed by atoms with Crippen LogP contribution < -0.4 is 15.8 Å². The second-order valence-corrected chi connectivity index (χ2v) is 3.46. The minimum absolute atomic E-state index is 0.170. The van der Waals surface area contributed by atoms with E-state index >= 15 is 0 Å². The van der Waals surface area contributed by atoms with Gasteiger partial charge in [0, 0.05) is 11.8 Å². The van der Waals surface area contributed by atoms with Crippen LogP contribution in [0.5, 0.6) is 5.75 Å². The number of benzene rings is 1. The predicted molar refractivity (Wildman–Crippen MR) is 64.5 cm³/mol. The zero-order valence-corrected chi connectivity index (χ0v) is 9.69. The Hall–Kier alpha value is -1.55. The van der Waals surface area contributed by atoms with Crippen molar-refractivity contribution in [2.24, 2.45) is 5.73 Å². The van der Waals surface area contributed by atoms with Gasteiger partial charge in [-0.2, -0.15) is 0 Å². The van der Waals surface area contributed by atoms with Crippen molar-refractivity contribution in [2.45, 2.75) is 26.3 Å². The van der Waals surface area contributed by atoms with Gasteiger partial charge in [-0.15, -0.1) is 0 Å².